The van der Waals surface area contributed by atoms with Crippen molar-refractivity contribution < 1.29 is 0 Å². The normalized spacial score (nSPS) is 12.3. The number of benzene rings is 2. The van der Waals surface area contributed by atoms with E-state index in [-0.39, 0.29) is 0 Å². The van der Waals surface area contributed by atoms with Gasteiger partial charge >= 0.3 is 0 Å². The van der Waals surface area contributed by atoms with Crippen LogP contribution in [0.1, 0.15) is 6.92 Å². The molecule has 5 heteroatoms. The quantitative estimate of drug-likeness (QED) is 0.281. The number of hydrogen-bond acceptors (Lipinski definition) is 3. The molecule has 0 aliphatic carbocycles. The maximum atomic E-state index is 4.63. The molecule has 0 saturated heterocycles. The second kappa shape index (κ2) is 5.94. The Labute approximate surface area is 180 Å². The van der Waals surface area contributed by atoms with Crippen LogP contribution >= 0.6 is 22.7 Å². The van der Waals surface area contributed by atoms with Crippen molar-refractivity contribution in [2.75, 3.05) is 0 Å². The molecule has 0 aliphatic heterocycles. The van der Waals surface area contributed by atoms with E-state index in [1.165, 1.54) is 52.5 Å². The highest BCUT2D eigenvalue weighted by atomic mass is 32.1. The Bertz CT molecular complexity index is 1670. The molecule has 0 radical (unpaired) electrons. The molecule has 0 atom stereocenters. The van der Waals surface area contributed by atoms with Gasteiger partial charge in [-0.3, -0.25) is 4.40 Å². The number of rotatable bonds is 2. The number of para-hydroxylation sites is 1. The Morgan fingerprint density at radius 3 is 2.77 bits per heavy atom. The van der Waals surface area contributed by atoms with Crippen LogP contribution in [-0.4, -0.2) is 14.0 Å². The topological polar surface area (TPSA) is 22.2 Å². The summed E-state index contributed by atoms with van der Waals surface area (Å²) in [5.74, 6) is 0. The van der Waals surface area contributed by atoms with Gasteiger partial charge in [0.05, 0.1) is 0 Å². The third-order valence-electron chi connectivity index (χ3n) is 6.10. The lowest BCUT2D eigenvalue weighted by Gasteiger charge is -2.04. The van der Waals surface area contributed by atoms with Crippen molar-refractivity contribution in [3.8, 4) is 10.4 Å². The van der Waals surface area contributed by atoms with Crippen LogP contribution in [0.2, 0.25) is 0 Å². The van der Waals surface area contributed by atoms with Gasteiger partial charge in [0.25, 0.3) is 0 Å². The van der Waals surface area contributed by atoms with E-state index in [9.17, 15) is 0 Å². The molecule has 144 valence electrons. The van der Waals surface area contributed by atoms with Crippen LogP contribution in [0.4, 0.5) is 0 Å². The summed E-state index contributed by atoms with van der Waals surface area (Å²) in [6, 6.07) is 20.1. The van der Waals surface area contributed by atoms with Crippen molar-refractivity contribution in [1.29, 1.82) is 0 Å². The van der Waals surface area contributed by atoms with Crippen molar-refractivity contribution in [3.63, 3.8) is 0 Å². The summed E-state index contributed by atoms with van der Waals surface area (Å²) in [7, 11) is 0. The monoisotopic (exact) mass is 423 g/mol. The van der Waals surface area contributed by atoms with E-state index in [1.807, 2.05) is 17.5 Å². The maximum absolute atomic E-state index is 4.63. The summed E-state index contributed by atoms with van der Waals surface area (Å²) in [5, 5.41) is 7.41. The molecule has 0 unspecified atom stereocenters. The summed E-state index contributed by atoms with van der Waals surface area (Å²) in [6.07, 6.45) is 3.99. The van der Waals surface area contributed by atoms with Gasteiger partial charge in [0.1, 0.15) is 10.5 Å². The molecule has 0 N–H and O–H groups in total. The molecule has 30 heavy (non-hydrogen) atoms. The van der Waals surface area contributed by atoms with Gasteiger partial charge in [0.2, 0.25) is 0 Å². The van der Waals surface area contributed by atoms with Gasteiger partial charge in [-0.05, 0) is 36.6 Å². The number of imidazole rings is 1. The van der Waals surface area contributed by atoms with E-state index in [0.717, 1.165) is 12.2 Å². The standard InChI is InChI=1S/C25H17N3S2/c1-2-27-19-8-4-3-6-15(19)22-16(7-5-9-20(22)27)21-14-18-23-17(10-13-29-23)24-26-11-12-28(24)25(18)30-21/h3-14H,2H2,1H3. The van der Waals surface area contributed by atoms with Gasteiger partial charge in [-0.2, -0.15) is 0 Å². The molecule has 0 aliphatic rings. The SMILES string of the molecule is CCn1c2ccccc2c2c(-c3cc4c5sccc5c5nccn5c4s3)cccc21. The molecule has 0 spiro atoms. The first kappa shape index (κ1) is 16.6. The fourth-order valence-electron chi connectivity index (χ4n) is 4.86. The van der Waals surface area contributed by atoms with Crippen LogP contribution in [-0.2, 0) is 6.54 Å². The summed E-state index contributed by atoms with van der Waals surface area (Å²) in [4.78, 5) is 7.21. The minimum Gasteiger partial charge on any atom is -0.341 e. The number of pyridine rings is 1. The highest BCUT2D eigenvalue weighted by Gasteiger charge is 2.18. The van der Waals surface area contributed by atoms with E-state index in [0.29, 0.717) is 0 Å². The zero-order chi connectivity index (χ0) is 19.8. The third-order valence-corrected chi connectivity index (χ3v) is 8.22. The molecule has 2 aromatic carbocycles. The Kier molecular flexibility index (Phi) is 3.29. The predicted molar refractivity (Wildman–Crippen MR) is 130 cm³/mol. The second-order valence-corrected chi connectivity index (χ2v) is 9.52. The molecule has 0 amide bonds. The summed E-state index contributed by atoms with van der Waals surface area (Å²) in [6.45, 7) is 3.19. The molecule has 0 saturated carbocycles. The molecule has 0 fully saturated rings. The van der Waals surface area contributed by atoms with E-state index in [2.05, 4.69) is 87.0 Å². The van der Waals surface area contributed by atoms with Gasteiger partial charge in [-0.1, -0.05) is 30.3 Å². The number of aromatic nitrogens is 3. The van der Waals surface area contributed by atoms with Gasteiger partial charge in [0, 0.05) is 66.7 Å². The summed E-state index contributed by atoms with van der Waals surface area (Å²) >= 11 is 3.67. The lowest BCUT2D eigenvalue weighted by atomic mass is 10.0. The zero-order valence-electron chi connectivity index (χ0n) is 16.3. The van der Waals surface area contributed by atoms with E-state index in [1.54, 1.807) is 11.3 Å². The fourth-order valence-corrected chi connectivity index (χ4v) is 7.02. The minimum atomic E-state index is 0.964. The van der Waals surface area contributed by atoms with Gasteiger partial charge in [0.15, 0.2) is 0 Å². The van der Waals surface area contributed by atoms with Crippen molar-refractivity contribution in [2.24, 2.45) is 0 Å². The molecule has 5 heterocycles. The lowest BCUT2D eigenvalue weighted by molar-refractivity contribution is 0.827. The van der Waals surface area contributed by atoms with Crippen LogP contribution < -0.4 is 0 Å². The van der Waals surface area contributed by atoms with Gasteiger partial charge < -0.3 is 4.57 Å². The highest BCUT2D eigenvalue weighted by molar-refractivity contribution is 7.24. The summed E-state index contributed by atoms with van der Waals surface area (Å²) in [5.41, 5.74) is 4.98. The molecular formula is C25H17N3S2. The number of fused-ring (bicyclic) bond motifs is 9. The smallest absolute Gasteiger partial charge is 0.146 e. The Balaban J connectivity index is 1.64. The summed E-state index contributed by atoms with van der Waals surface area (Å²) < 4.78 is 6.00. The van der Waals surface area contributed by atoms with E-state index >= 15 is 0 Å². The molecule has 3 nitrogen and oxygen atoms in total. The van der Waals surface area contributed by atoms with Crippen LogP contribution in [0.5, 0.6) is 0 Å². The molecular weight excluding hydrogens is 406 g/mol. The Hall–Kier alpha value is -3.15. The highest BCUT2D eigenvalue weighted by Crippen LogP contribution is 2.44. The van der Waals surface area contributed by atoms with Crippen LogP contribution in [0.25, 0.3) is 58.2 Å². The maximum Gasteiger partial charge on any atom is 0.146 e. The van der Waals surface area contributed by atoms with Crippen LogP contribution in [0, 0.1) is 0 Å². The number of aryl methyl sites for hydroxylation is 1. The van der Waals surface area contributed by atoms with Crippen LogP contribution in [0.15, 0.2) is 72.4 Å². The van der Waals surface area contributed by atoms with Crippen molar-refractivity contribution in [2.45, 2.75) is 13.5 Å². The molecule has 0 bridgehead atoms. The van der Waals surface area contributed by atoms with Gasteiger partial charge in [-0.15, -0.1) is 22.7 Å². The average molecular weight is 424 g/mol. The lowest BCUT2D eigenvalue weighted by Crippen LogP contribution is -1.92. The van der Waals surface area contributed by atoms with Crippen molar-refractivity contribution >= 4 is 70.4 Å². The van der Waals surface area contributed by atoms with Gasteiger partial charge in [-0.25, -0.2) is 4.98 Å². The first-order valence-electron chi connectivity index (χ1n) is 10.1. The van der Waals surface area contributed by atoms with Crippen LogP contribution in [0.3, 0.4) is 0 Å². The largest absolute Gasteiger partial charge is 0.341 e. The number of nitrogens with zero attached hydrogens (tertiary/aromatic N) is 3. The van der Waals surface area contributed by atoms with Crippen molar-refractivity contribution in [3.05, 3.63) is 72.4 Å². The molecule has 7 aromatic rings. The zero-order valence-corrected chi connectivity index (χ0v) is 17.9. The first-order chi connectivity index (χ1) is 14.8. The second-order valence-electron chi connectivity index (χ2n) is 7.57. The fraction of sp³-hybridized carbons (Fsp3) is 0.0800. The molecule has 7 rings (SSSR count). The van der Waals surface area contributed by atoms with E-state index in [4.69, 9.17) is 0 Å². The number of thiophene rings is 2. The average Bonchev–Trinajstić information content (AvgIpc) is 3.56. The van der Waals surface area contributed by atoms with E-state index < -0.39 is 0 Å². The minimum absolute atomic E-state index is 0.964. The predicted octanol–water partition coefficient (Wildman–Crippen LogP) is 7.56. The Morgan fingerprint density at radius 2 is 1.83 bits per heavy atom. The first-order valence-corrected chi connectivity index (χ1v) is 11.8. The Morgan fingerprint density at radius 1 is 0.933 bits per heavy atom. The molecule has 5 aromatic heterocycles. The van der Waals surface area contributed by atoms with Crippen molar-refractivity contribution in [1.82, 2.24) is 14.0 Å². The third kappa shape index (κ3) is 2.01. The number of hydrogen-bond donors (Lipinski definition) is 0.